The molecule has 17 heavy (non-hydrogen) atoms. The molecule has 2 nitrogen and oxygen atoms in total. The summed E-state index contributed by atoms with van der Waals surface area (Å²) in [5.74, 6) is 0.515. The highest BCUT2D eigenvalue weighted by molar-refractivity contribution is 5.28. The van der Waals surface area contributed by atoms with E-state index in [1.165, 1.54) is 12.1 Å². The van der Waals surface area contributed by atoms with Gasteiger partial charge in [0.05, 0.1) is 12.4 Å². The first-order valence-corrected chi connectivity index (χ1v) is 5.63. The van der Waals surface area contributed by atoms with E-state index in [1.54, 1.807) is 12.3 Å². The summed E-state index contributed by atoms with van der Waals surface area (Å²) in [7, 11) is 0. The van der Waals surface area contributed by atoms with E-state index < -0.39 is 6.10 Å². The molecule has 0 fully saturated rings. The van der Waals surface area contributed by atoms with Crippen LogP contribution in [0.5, 0.6) is 0 Å². The third kappa shape index (κ3) is 2.94. The molecule has 0 amide bonds. The van der Waals surface area contributed by atoms with Crippen LogP contribution < -0.4 is 0 Å². The van der Waals surface area contributed by atoms with E-state index >= 15 is 0 Å². The number of hydrogen-bond acceptors (Lipinski definition) is 2. The monoisotopic (exact) mass is 234 g/mol. The van der Waals surface area contributed by atoms with Crippen LogP contribution in [0.4, 0.5) is 4.39 Å². The minimum Gasteiger partial charge on any atom is -0.469 e. The van der Waals surface area contributed by atoms with Crippen molar-refractivity contribution in [2.75, 3.05) is 0 Å². The van der Waals surface area contributed by atoms with Crippen molar-refractivity contribution in [2.24, 2.45) is 0 Å². The van der Waals surface area contributed by atoms with Crippen LogP contribution >= 0.6 is 0 Å². The lowest BCUT2D eigenvalue weighted by Crippen LogP contribution is -2.02. The normalized spacial score (nSPS) is 12.6. The van der Waals surface area contributed by atoms with E-state index in [0.717, 1.165) is 11.3 Å². The van der Waals surface area contributed by atoms with Crippen LogP contribution in [0.15, 0.2) is 41.0 Å². The van der Waals surface area contributed by atoms with Crippen molar-refractivity contribution >= 4 is 0 Å². The SMILES string of the molecule is Cc1ccc(F)cc1C(O)CCc1ccco1. The predicted molar refractivity (Wildman–Crippen MR) is 63.1 cm³/mol. The lowest BCUT2D eigenvalue weighted by molar-refractivity contribution is 0.164. The van der Waals surface area contributed by atoms with Gasteiger partial charge in [0, 0.05) is 6.42 Å². The molecule has 0 aliphatic heterocycles. The Morgan fingerprint density at radius 2 is 2.18 bits per heavy atom. The van der Waals surface area contributed by atoms with Crippen LogP contribution in [-0.2, 0) is 6.42 Å². The maximum absolute atomic E-state index is 13.1. The van der Waals surface area contributed by atoms with Gasteiger partial charge in [0.1, 0.15) is 11.6 Å². The van der Waals surface area contributed by atoms with Crippen molar-refractivity contribution in [1.82, 2.24) is 0 Å². The van der Waals surface area contributed by atoms with Gasteiger partial charge in [-0.25, -0.2) is 4.39 Å². The first kappa shape index (κ1) is 11.9. The third-order valence-electron chi connectivity index (χ3n) is 2.84. The largest absolute Gasteiger partial charge is 0.469 e. The van der Waals surface area contributed by atoms with Crippen LogP contribution in [-0.4, -0.2) is 5.11 Å². The number of rotatable bonds is 4. The molecule has 90 valence electrons. The fourth-order valence-corrected chi connectivity index (χ4v) is 1.86. The van der Waals surface area contributed by atoms with Crippen molar-refractivity contribution in [3.8, 4) is 0 Å². The zero-order valence-electron chi connectivity index (χ0n) is 9.69. The Morgan fingerprint density at radius 3 is 2.88 bits per heavy atom. The number of aliphatic hydroxyl groups excluding tert-OH is 1. The number of aryl methyl sites for hydroxylation is 2. The standard InChI is InChI=1S/C14H15FO2/c1-10-4-5-11(15)9-13(10)14(16)7-6-12-3-2-8-17-12/h2-5,8-9,14,16H,6-7H2,1H3. The van der Waals surface area contributed by atoms with Gasteiger partial charge in [-0.3, -0.25) is 0 Å². The molecule has 1 heterocycles. The molecule has 1 N–H and O–H groups in total. The fraction of sp³-hybridized carbons (Fsp3) is 0.286. The van der Waals surface area contributed by atoms with E-state index in [0.29, 0.717) is 18.4 Å². The van der Waals surface area contributed by atoms with Crippen molar-refractivity contribution in [2.45, 2.75) is 25.9 Å². The van der Waals surface area contributed by atoms with Gasteiger partial charge >= 0.3 is 0 Å². The summed E-state index contributed by atoms with van der Waals surface area (Å²) < 4.78 is 18.3. The second-order valence-corrected chi connectivity index (χ2v) is 4.13. The molecule has 0 bridgehead atoms. The molecule has 0 saturated heterocycles. The Hall–Kier alpha value is -1.61. The van der Waals surface area contributed by atoms with Gasteiger partial charge in [-0.05, 0) is 48.7 Å². The third-order valence-corrected chi connectivity index (χ3v) is 2.84. The maximum Gasteiger partial charge on any atom is 0.123 e. The molecule has 1 aromatic carbocycles. The van der Waals surface area contributed by atoms with Crippen molar-refractivity contribution in [3.05, 3.63) is 59.3 Å². The van der Waals surface area contributed by atoms with Crippen molar-refractivity contribution in [1.29, 1.82) is 0 Å². The Balaban J connectivity index is 2.04. The Labute approximate surface area is 99.7 Å². The van der Waals surface area contributed by atoms with E-state index in [-0.39, 0.29) is 5.82 Å². The van der Waals surface area contributed by atoms with Crippen LogP contribution in [0.2, 0.25) is 0 Å². The van der Waals surface area contributed by atoms with E-state index in [4.69, 9.17) is 4.42 Å². The fourth-order valence-electron chi connectivity index (χ4n) is 1.86. The van der Waals surface area contributed by atoms with Gasteiger partial charge in [-0.15, -0.1) is 0 Å². The smallest absolute Gasteiger partial charge is 0.123 e. The van der Waals surface area contributed by atoms with E-state index in [2.05, 4.69) is 0 Å². The number of benzene rings is 1. The van der Waals surface area contributed by atoms with Gasteiger partial charge in [0.2, 0.25) is 0 Å². The summed E-state index contributed by atoms with van der Waals surface area (Å²) in [6.45, 7) is 1.87. The minimum absolute atomic E-state index is 0.317. The molecule has 0 radical (unpaired) electrons. The zero-order chi connectivity index (χ0) is 12.3. The Bertz CT molecular complexity index is 477. The van der Waals surface area contributed by atoms with Crippen LogP contribution in [0, 0.1) is 12.7 Å². The molecule has 1 unspecified atom stereocenters. The predicted octanol–water partition coefficient (Wildman–Crippen LogP) is 3.39. The molecule has 0 saturated carbocycles. The van der Waals surface area contributed by atoms with Crippen molar-refractivity contribution < 1.29 is 13.9 Å². The number of aliphatic hydroxyl groups is 1. The van der Waals surface area contributed by atoms with Gasteiger partial charge in [-0.1, -0.05) is 6.07 Å². The van der Waals surface area contributed by atoms with Gasteiger partial charge in [0.15, 0.2) is 0 Å². The summed E-state index contributed by atoms with van der Waals surface area (Å²) >= 11 is 0. The maximum atomic E-state index is 13.1. The molecular formula is C14H15FO2. The highest BCUT2D eigenvalue weighted by Gasteiger charge is 2.12. The number of hydrogen-bond donors (Lipinski definition) is 1. The first-order chi connectivity index (χ1) is 8.16. The molecule has 0 spiro atoms. The summed E-state index contributed by atoms with van der Waals surface area (Å²) in [6, 6.07) is 8.15. The van der Waals surface area contributed by atoms with Crippen LogP contribution in [0.1, 0.15) is 29.4 Å². The quantitative estimate of drug-likeness (QED) is 0.879. The van der Waals surface area contributed by atoms with E-state index in [9.17, 15) is 9.50 Å². The Kier molecular flexibility index (Phi) is 3.59. The molecule has 0 aliphatic rings. The Morgan fingerprint density at radius 1 is 1.35 bits per heavy atom. The first-order valence-electron chi connectivity index (χ1n) is 5.63. The molecule has 2 rings (SSSR count). The molecular weight excluding hydrogens is 219 g/mol. The lowest BCUT2D eigenvalue weighted by Gasteiger charge is -2.13. The molecule has 0 aliphatic carbocycles. The molecule has 1 atom stereocenters. The highest BCUT2D eigenvalue weighted by atomic mass is 19.1. The molecule has 2 aromatic rings. The zero-order valence-corrected chi connectivity index (χ0v) is 9.69. The summed E-state index contributed by atoms with van der Waals surface area (Å²) in [5, 5.41) is 10.0. The highest BCUT2D eigenvalue weighted by Crippen LogP contribution is 2.23. The van der Waals surface area contributed by atoms with Crippen LogP contribution in [0.25, 0.3) is 0 Å². The van der Waals surface area contributed by atoms with Gasteiger partial charge in [-0.2, -0.15) is 0 Å². The van der Waals surface area contributed by atoms with Crippen molar-refractivity contribution in [3.63, 3.8) is 0 Å². The number of furan rings is 1. The second-order valence-electron chi connectivity index (χ2n) is 4.13. The molecule has 3 heteroatoms. The summed E-state index contributed by atoms with van der Waals surface area (Å²) in [5.41, 5.74) is 1.55. The van der Waals surface area contributed by atoms with Gasteiger partial charge in [0.25, 0.3) is 0 Å². The summed E-state index contributed by atoms with van der Waals surface area (Å²) in [6.07, 6.45) is 2.12. The van der Waals surface area contributed by atoms with Crippen LogP contribution in [0.3, 0.4) is 0 Å². The van der Waals surface area contributed by atoms with Gasteiger partial charge < -0.3 is 9.52 Å². The topological polar surface area (TPSA) is 33.4 Å². The molecule has 1 aromatic heterocycles. The average Bonchev–Trinajstić information content (AvgIpc) is 2.82. The number of halogens is 1. The second kappa shape index (κ2) is 5.15. The average molecular weight is 234 g/mol. The van der Waals surface area contributed by atoms with E-state index in [1.807, 2.05) is 19.1 Å². The lowest BCUT2D eigenvalue weighted by atomic mass is 9.99. The summed E-state index contributed by atoms with van der Waals surface area (Å²) in [4.78, 5) is 0. The minimum atomic E-state index is -0.657.